The first-order valence-electron chi connectivity index (χ1n) is 5.90. The molecule has 1 amide bonds. The average Bonchev–Trinajstić information content (AvgIpc) is 2.78. The summed E-state index contributed by atoms with van der Waals surface area (Å²) in [6, 6.07) is 10.2. The smallest absolute Gasteiger partial charge is 0.275 e. The molecule has 0 unspecified atom stereocenters. The number of thioether (sulfide) groups is 1. The van der Waals surface area contributed by atoms with Gasteiger partial charge in [-0.2, -0.15) is 0 Å². The Labute approximate surface area is 121 Å². The van der Waals surface area contributed by atoms with E-state index >= 15 is 0 Å². The van der Waals surface area contributed by atoms with Crippen molar-refractivity contribution in [2.24, 2.45) is 5.84 Å². The minimum Gasteiger partial charge on any atom is -0.289 e. The third-order valence-corrected chi connectivity index (χ3v) is 5.17. The third-order valence-electron chi connectivity index (χ3n) is 2.85. The summed E-state index contributed by atoms with van der Waals surface area (Å²) in [6.07, 6.45) is 0. The molecule has 0 atom stereocenters. The molecule has 3 N–H and O–H groups in total. The maximum atomic E-state index is 11.5. The summed E-state index contributed by atoms with van der Waals surface area (Å²) < 4.78 is 0. The van der Waals surface area contributed by atoms with Gasteiger partial charge in [0, 0.05) is 15.5 Å². The van der Waals surface area contributed by atoms with E-state index in [2.05, 4.69) is 24.5 Å². The second-order valence-corrected chi connectivity index (χ2v) is 6.49. The Hall–Kier alpha value is -1.30. The molecule has 5 heteroatoms. The van der Waals surface area contributed by atoms with Crippen molar-refractivity contribution in [1.82, 2.24) is 5.43 Å². The van der Waals surface area contributed by atoms with Crippen LogP contribution in [0.15, 0.2) is 35.2 Å². The van der Waals surface area contributed by atoms with Gasteiger partial charge in [-0.1, -0.05) is 18.2 Å². The predicted molar refractivity (Wildman–Crippen MR) is 81.4 cm³/mol. The fourth-order valence-electron chi connectivity index (χ4n) is 1.72. The second kappa shape index (κ2) is 6.23. The molecular formula is C14H16N2OS2. The number of carbonyl (C=O) groups excluding carboxylic acids is 1. The lowest BCUT2D eigenvalue weighted by Crippen LogP contribution is -2.29. The number of rotatable bonds is 4. The third kappa shape index (κ3) is 3.37. The Morgan fingerprint density at radius 1 is 1.37 bits per heavy atom. The van der Waals surface area contributed by atoms with Crippen LogP contribution in [0.3, 0.4) is 0 Å². The minimum absolute atomic E-state index is 0.222. The van der Waals surface area contributed by atoms with Gasteiger partial charge in [0.1, 0.15) is 0 Å². The number of benzene rings is 1. The molecule has 2 rings (SSSR count). The summed E-state index contributed by atoms with van der Waals surface area (Å²) in [5.74, 6) is 5.79. The Bertz CT molecular complexity index is 593. The van der Waals surface area contributed by atoms with Crippen molar-refractivity contribution in [2.75, 3.05) is 0 Å². The van der Waals surface area contributed by atoms with E-state index in [0.717, 1.165) is 5.75 Å². The van der Waals surface area contributed by atoms with Crippen molar-refractivity contribution in [2.45, 2.75) is 24.5 Å². The molecule has 100 valence electrons. The molecular weight excluding hydrogens is 276 g/mol. The van der Waals surface area contributed by atoms with Gasteiger partial charge in [0.25, 0.3) is 5.91 Å². The van der Waals surface area contributed by atoms with Crippen LogP contribution in [0.1, 0.15) is 25.7 Å². The molecule has 0 bridgehead atoms. The highest BCUT2D eigenvalue weighted by Crippen LogP contribution is 2.30. The molecule has 0 saturated carbocycles. The molecule has 0 aliphatic rings. The van der Waals surface area contributed by atoms with Gasteiger partial charge < -0.3 is 0 Å². The zero-order valence-electron chi connectivity index (χ0n) is 10.9. The van der Waals surface area contributed by atoms with Crippen molar-refractivity contribution in [1.29, 1.82) is 0 Å². The maximum absolute atomic E-state index is 11.5. The molecule has 0 saturated heterocycles. The Kier molecular flexibility index (Phi) is 4.63. The van der Waals surface area contributed by atoms with Crippen molar-refractivity contribution < 1.29 is 4.79 Å². The van der Waals surface area contributed by atoms with Crippen molar-refractivity contribution >= 4 is 29.0 Å². The summed E-state index contributed by atoms with van der Waals surface area (Å²) in [5.41, 5.74) is 4.64. The molecule has 19 heavy (non-hydrogen) atoms. The van der Waals surface area contributed by atoms with E-state index in [1.165, 1.54) is 32.2 Å². The summed E-state index contributed by atoms with van der Waals surface area (Å²) >= 11 is 3.27. The average molecular weight is 292 g/mol. The second-order valence-electron chi connectivity index (χ2n) is 4.22. The highest BCUT2D eigenvalue weighted by atomic mass is 32.2. The molecule has 0 aliphatic heterocycles. The molecule has 0 fully saturated rings. The largest absolute Gasteiger partial charge is 0.289 e. The quantitative estimate of drug-likeness (QED) is 0.393. The Morgan fingerprint density at radius 3 is 2.79 bits per heavy atom. The summed E-state index contributed by atoms with van der Waals surface area (Å²) in [5, 5.41) is 0. The van der Waals surface area contributed by atoms with Gasteiger partial charge in [0.15, 0.2) is 0 Å². The number of hydrogen-bond donors (Lipinski definition) is 2. The first kappa shape index (κ1) is 14.1. The molecule has 0 aliphatic carbocycles. The first-order chi connectivity index (χ1) is 9.11. The zero-order valence-corrected chi connectivity index (χ0v) is 12.5. The van der Waals surface area contributed by atoms with Crippen molar-refractivity contribution in [3.63, 3.8) is 0 Å². The lowest BCUT2D eigenvalue weighted by atomic mass is 10.2. The van der Waals surface area contributed by atoms with E-state index in [1.807, 2.05) is 25.1 Å². The number of nitrogens with one attached hydrogen (secondary N) is 1. The Balaban J connectivity index is 2.10. The maximum Gasteiger partial charge on any atom is 0.275 e. The molecule has 1 aromatic heterocycles. The number of amides is 1. The van der Waals surface area contributed by atoms with Gasteiger partial charge in [-0.15, -0.1) is 23.1 Å². The summed E-state index contributed by atoms with van der Waals surface area (Å²) in [6.45, 7) is 4.14. The monoisotopic (exact) mass is 292 g/mol. The van der Waals surface area contributed by atoms with Crippen molar-refractivity contribution in [3.8, 4) is 0 Å². The highest BCUT2D eigenvalue weighted by Gasteiger charge is 2.11. The highest BCUT2D eigenvalue weighted by molar-refractivity contribution is 7.98. The number of thiophene rings is 1. The lowest BCUT2D eigenvalue weighted by Gasteiger charge is -2.04. The number of hydrazine groups is 1. The topological polar surface area (TPSA) is 55.1 Å². The number of hydrogen-bond acceptors (Lipinski definition) is 4. The molecule has 0 radical (unpaired) electrons. The van der Waals surface area contributed by atoms with Gasteiger partial charge in [0.2, 0.25) is 0 Å². The van der Waals surface area contributed by atoms with E-state index in [4.69, 9.17) is 5.84 Å². The van der Waals surface area contributed by atoms with Crippen LogP contribution in [0.2, 0.25) is 0 Å². The molecule has 0 spiro atoms. The van der Waals surface area contributed by atoms with Crippen molar-refractivity contribution in [3.05, 3.63) is 51.2 Å². The van der Waals surface area contributed by atoms with Gasteiger partial charge >= 0.3 is 0 Å². The lowest BCUT2D eigenvalue weighted by molar-refractivity contribution is 0.0957. The van der Waals surface area contributed by atoms with Crippen LogP contribution in [-0.4, -0.2) is 5.91 Å². The van der Waals surface area contributed by atoms with Gasteiger partial charge in [0.05, 0.1) is 4.88 Å². The van der Waals surface area contributed by atoms with Crippen LogP contribution in [0.25, 0.3) is 0 Å². The first-order valence-corrected chi connectivity index (χ1v) is 7.70. The molecule has 3 nitrogen and oxygen atoms in total. The summed E-state index contributed by atoms with van der Waals surface area (Å²) in [7, 11) is 0. The van der Waals surface area contributed by atoms with Crippen LogP contribution in [0.5, 0.6) is 0 Å². The van der Waals surface area contributed by atoms with Crippen LogP contribution < -0.4 is 11.3 Å². The van der Waals surface area contributed by atoms with E-state index in [9.17, 15) is 4.79 Å². The van der Waals surface area contributed by atoms with Crippen LogP contribution in [0, 0.1) is 13.8 Å². The molecule has 1 aromatic carbocycles. The van der Waals surface area contributed by atoms with Gasteiger partial charge in [-0.3, -0.25) is 10.2 Å². The molecule has 1 heterocycles. The standard InChI is InChI=1S/C14H16N2OS2/c1-9-5-3-4-6-12(9)18-8-11-7-13(14(17)16-15)19-10(11)2/h3-7H,8,15H2,1-2H3,(H,16,17). The number of aryl methyl sites for hydroxylation is 2. The Morgan fingerprint density at radius 2 is 2.11 bits per heavy atom. The minimum atomic E-state index is -0.222. The fraction of sp³-hybridized carbons (Fsp3) is 0.214. The van der Waals surface area contributed by atoms with E-state index < -0.39 is 0 Å². The van der Waals surface area contributed by atoms with Crippen LogP contribution in [-0.2, 0) is 5.75 Å². The normalized spacial score (nSPS) is 10.5. The van der Waals surface area contributed by atoms with E-state index in [-0.39, 0.29) is 5.91 Å². The zero-order chi connectivity index (χ0) is 13.8. The van der Waals surface area contributed by atoms with Crippen LogP contribution in [0.4, 0.5) is 0 Å². The van der Waals surface area contributed by atoms with E-state index in [1.54, 1.807) is 11.8 Å². The number of nitrogens with two attached hydrogens (primary N) is 1. The molecule has 2 aromatic rings. The van der Waals surface area contributed by atoms with Crippen LogP contribution >= 0.6 is 23.1 Å². The van der Waals surface area contributed by atoms with Gasteiger partial charge in [-0.25, -0.2) is 5.84 Å². The number of carbonyl (C=O) groups is 1. The predicted octanol–water partition coefficient (Wildman–Crippen LogP) is 3.26. The van der Waals surface area contributed by atoms with Gasteiger partial charge in [-0.05, 0) is 37.1 Å². The number of nitrogen functional groups attached to an aromatic ring is 1. The summed E-state index contributed by atoms with van der Waals surface area (Å²) in [4.78, 5) is 14.6. The van der Waals surface area contributed by atoms with E-state index in [0.29, 0.717) is 4.88 Å². The fourth-order valence-corrected chi connectivity index (χ4v) is 3.84. The SMILES string of the molecule is Cc1ccccc1SCc1cc(C(=O)NN)sc1C.